The molecule has 0 aromatic carbocycles. The average molecular weight is 349 g/mol. The molecule has 132 valence electrons. The van der Waals surface area contributed by atoms with Gasteiger partial charge in [0.2, 0.25) is 5.91 Å². The largest absolute Gasteiger partial charge is 0.381 e. The number of hydrogen-bond donors (Lipinski definition) is 3. The lowest BCUT2D eigenvalue weighted by Gasteiger charge is -2.32. The standard InChI is InChI=1S/C14H24FN3O4S/c1-5-8(17-9(19)6-15)10(20)13(22)18-7-23-14(2,3)11(18)12(21)16-4/h8,10-11,20H,5-7H2,1-4H3,(H,16,21)(H,17,19). The molecule has 0 saturated carbocycles. The van der Waals surface area contributed by atoms with Gasteiger partial charge in [-0.3, -0.25) is 14.4 Å². The minimum absolute atomic E-state index is 0.258. The van der Waals surface area contributed by atoms with Crippen LogP contribution in [0.4, 0.5) is 4.39 Å². The number of likely N-dealkylation sites (N-methyl/N-ethyl adjacent to an activating group) is 1. The number of aliphatic hydroxyl groups excluding tert-OH is 1. The summed E-state index contributed by atoms with van der Waals surface area (Å²) in [5.74, 6) is -1.60. The monoisotopic (exact) mass is 349 g/mol. The Kier molecular flexibility index (Phi) is 6.82. The SMILES string of the molecule is CCC(NC(=O)CF)C(O)C(=O)N1CSC(C)(C)C1C(=O)NC. The van der Waals surface area contributed by atoms with E-state index in [0.29, 0.717) is 0 Å². The lowest BCUT2D eigenvalue weighted by molar-refractivity contribution is -0.147. The zero-order valence-corrected chi connectivity index (χ0v) is 14.6. The Morgan fingerprint density at radius 1 is 1.43 bits per heavy atom. The predicted molar refractivity (Wildman–Crippen MR) is 85.4 cm³/mol. The van der Waals surface area contributed by atoms with E-state index in [9.17, 15) is 23.9 Å². The van der Waals surface area contributed by atoms with Crippen molar-refractivity contribution in [3.05, 3.63) is 0 Å². The van der Waals surface area contributed by atoms with E-state index < -0.39 is 41.4 Å². The second kappa shape index (κ2) is 7.96. The highest BCUT2D eigenvalue weighted by Gasteiger charge is 2.49. The smallest absolute Gasteiger partial charge is 0.254 e. The van der Waals surface area contributed by atoms with E-state index in [4.69, 9.17) is 0 Å². The molecular weight excluding hydrogens is 325 g/mol. The molecule has 1 saturated heterocycles. The van der Waals surface area contributed by atoms with Gasteiger partial charge >= 0.3 is 0 Å². The van der Waals surface area contributed by atoms with Crippen molar-refractivity contribution in [3.8, 4) is 0 Å². The minimum atomic E-state index is -1.53. The van der Waals surface area contributed by atoms with Crippen molar-refractivity contribution >= 4 is 29.5 Å². The van der Waals surface area contributed by atoms with Crippen LogP contribution in [0, 0.1) is 0 Å². The third kappa shape index (κ3) is 4.35. The molecule has 1 heterocycles. The molecule has 0 bridgehead atoms. The maximum Gasteiger partial charge on any atom is 0.254 e. The van der Waals surface area contributed by atoms with E-state index in [2.05, 4.69) is 10.6 Å². The van der Waals surface area contributed by atoms with Crippen LogP contribution in [0.2, 0.25) is 0 Å². The molecule has 0 radical (unpaired) electrons. The third-order valence-corrected chi connectivity index (χ3v) is 5.24. The fourth-order valence-corrected chi connectivity index (χ4v) is 3.68. The number of carbonyl (C=O) groups excluding carboxylic acids is 3. The highest BCUT2D eigenvalue weighted by Crippen LogP contribution is 2.39. The Hall–Kier alpha value is -1.35. The van der Waals surface area contributed by atoms with Crippen LogP contribution in [0.1, 0.15) is 27.2 Å². The minimum Gasteiger partial charge on any atom is -0.381 e. The first kappa shape index (κ1) is 19.7. The summed E-state index contributed by atoms with van der Waals surface area (Å²) in [7, 11) is 1.48. The zero-order chi connectivity index (χ0) is 17.8. The summed E-state index contributed by atoms with van der Waals surface area (Å²) < 4.78 is 11.8. The van der Waals surface area contributed by atoms with Crippen molar-refractivity contribution < 1.29 is 23.9 Å². The Bertz CT molecular complexity index is 475. The van der Waals surface area contributed by atoms with Gasteiger partial charge in [-0.25, -0.2) is 4.39 Å². The number of aliphatic hydroxyl groups is 1. The van der Waals surface area contributed by atoms with Crippen LogP contribution in [-0.4, -0.2) is 70.3 Å². The maximum atomic E-state index is 12.6. The Balaban J connectivity index is 2.93. The number of halogens is 1. The topological polar surface area (TPSA) is 98.7 Å². The van der Waals surface area contributed by atoms with E-state index in [1.54, 1.807) is 6.92 Å². The molecule has 3 atom stereocenters. The number of nitrogens with zero attached hydrogens (tertiary/aromatic N) is 1. The number of carbonyl (C=O) groups is 3. The van der Waals surface area contributed by atoms with Gasteiger partial charge in [-0.2, -0.15) is 0 Å². The van der Waals surface area contributed by atoms with Crippen molar-refractivity contribution in [2.24, 2.45) is 0 Å². The number of amides is 3. The van der Waals surface area contributed by atoms with Gasteiger partial charge in [-0.05, 0) is 20.3 Å². The first-order valence-corrected chi connectivity index (χ1v) is 8.37. The summed E-state index contributed by atoms with van der Waals surface area (Å²) in [4.78, 5) is 37.1. The zero-order valence-electron chi connectivity index (χ0n) is 13.8. The van der Waals surface area contributed by atoms with E-state index in [0.717, 1.165) is 0 Å². The molecule has 1 fully saturated rings. The van der Waals surface area contributed by atoms with Crippen LogP contribution in [0.25, 0.3) is 0 Å². The van der Waals surface area contributed by atoms with Gasteiger partial charge < -0.3 is 20.6 Å². The van der Waals surface area contributed by atoms with Gasteiger partial charge in [0.15, 0.2) is 12.8 Å². The molecule has 3 N–H and O–H groups in total. The first-order chi connectivity index (χ1) is 10.7. The van der Waals surface area contributed by atoms with Crippen LogP contribution in [-0.2, 0) is 14.4 Å². The van der Waals surface area contributed by atoms with Crippen molar-refractivity contribution in [3.63, 3.8) is 0 Å². The Morgan fingerprint density at radius 2 is 2.04 bits per heavy atom. The fourth-order valence-electron chi connectivity index (χ4n) is 2.54. The number of alkyl halides is 1. The van der Waals surface area contributed by atoms with E-state index in [1.807, 2.05) is 13.8 Å². The molecule has 23 heavy (non-hydrogen) atoms. The molecule has 1 aliphatic rings. The summed E-state index contributed by atoms with van der Waals surface area (Å²) in [5.41, 5.74) is 0. The molecule has 9 heteroatoms. The number of hydrogen-bond acceptors (Lipinski definition) is 5. The van der Waals surface area contributed by atoms with E-state index in [-0.39, 0.29) is 18.2 Å². The highest BCUT2D eigenvalue weighted by atomic mass is 32.2. The van der Waals surface area contributed by atoms with Crippen LogP contribution >= 0.6 is 11.8 Å². The molecular formula is C14H24FN3O4S. The van der Waals surface area contributed by atoms with Gasteiger partial charge in [0.05, 0.1) is 11.9 Å². The number of rotatable bonds is 6. The van der Waals surface area contributed by atoms with Crippen LogP contribution < -0.4 is 10.6 Å². The third-order valence-electron chi connectivity index (χ3n) is 3.87. The fraction of sp³-hybridized carbons (Fsp3) is 0.786. The molecule has 7 nitrogen and oxygen atoms in total. The van der Waals surface area contributed by atoms with Crippen LogP contribution in [0.15, 0.2) is 0 Å². The van der Waals surface area contributed by atoms with Gasteiger partial charge in [0.1, 0.15) is 6.04 Å². The van der Waals surface area contributed by atoms with Gasteiger partial charge in [-0.15, -0.1) is 11.8 Å². The summed E-state index contributed by atoms with van der Waals surface area (Å²) >= 11 is 1.43. The molecule has 3 amide bonds. The quantitative estimate of drug-likeness (QED) is 0.608. The van der Waals surface area contributed by atoms with Crippen molar-refractivity contribution in [2.75, 3.05) is 19.6 Å². The van der Waals surface area contributed by atoms with E-state index >= 15 is 0 Å². The second-order valence-electron chi connectivity index (χ2n) is 5.86. The first-order valence-electron chi connectivity index (χ1n) is 7.39. The van der Waals surface area contributed by atoms with Crippen LogP contribution in [0.5, 0.6) is 0 Å². The lowest BCUT2D eigenvalue weighted by atomic mass is 9.99. The Morgan fingerprint density at radius 3 is 2.52 bits per heavy atom. The summed E-state index contributed by atoms with van der Waals surface area (Å²) in [6.45, 7) is 4.14. The summed E-state index contributed by atoms with van der Waals surface area (Å²) in [6.07, 6.45) is -1.27. The Labute approximate surface area is 139 Å². The molecule has 1 aliphatic heterocycles. The van der Waals surface area contributed by atoms with E-state index in [1.165, 1.54) is 23.7 Å². The lowest BCUT2D eigenvalue weighted by Crippen LogP contribution is -2.58. The van der Waals surface area contributed by atoms with Crippen molar-refractivity contribution in [1.29, 1.82) is 0 Å². The van der Waals surface area contributed by atoms with Crippen LogP contribution in [0.3, 0.4) is 0 Å². The van der Waals surface area contributed by atoms with Crippen molar-refractivity contribution in [2.45, 2.75) is 50.1 Å². The van der Waals surface area contributed by atoms with Gasteiger partial charge in [0, 0.05) is 11.8 Å². The van der Waals surface area contributed by atoms with Gasteiger partial charge in [0.25, 0.3) is 11.8 Å². The number of thioether (sulfide) groups is 1. The molecule has 3 unspecified atom stereocenters. The predicted octanol–water partition coefficient (Wildman–Crippen LogP) is -0.362. The average Bonchev–Trinajstić information content (AvgIpc) is 2.85. The molecule has 0 aromatic rings. The molecule has 1 rings (SSSR count). The normalized spacial score (nSPS) is 22.3. The summed E-state index contributed by atoms with van der Waals surface area (Å²) in [5, 5.41) is 15.1. The summed E-state index contributed by atoms with van der Waals surface area (Å²) in [6, 6.07) is -1.63. The second-order valence-corrected chi connectivity index (χ2v) is 7.46. The molecule has 0 aromatic heterocycles. The van der Waals surface area contributed by atoms with Crippen molar-refractivity contribution in [1.82, 2.24) is 15.5 Å². The number of nitrogens with one attached hydrogen (secondary N) is 2. The van der Waals surface area contributed by atoms with Gasteiger partial charge in [-0.1, -0.05) is 6.92 Å². The molecule has 0 aliphatic carbocycles. The highest BCUT2D eigenvalue weighted by molar-refractivity contribution is 8.00. The molecule has 0 spiro atoms. The maximum absolute atomic E-state index is 12.6.